The van der Waals surface area contributed by atoms with Crippen LogP contribution >= 0.6 is 0 Å². The van der Waals surface area contributed by atoms with E-state index in [4.69, 9.17) is 4.42 Å². The van der Waals surface area contributed by atoms with Crippen molar-refractivity contribution in [3.05, 3.63) is 48.5 Å². The fourth-order valence-electron chi connectivity index (χ4n) is 4.54. The summed E-state index contributed by atoms with van der Waals surface area (Å²) in [6, 6.07) is 12.8. The van der Waals surface area contributed by atoms with Crippen molar-refractivity contribution in [2.24, 2.45) is 5.41 Å². The molecule has 2 bridgehead atoms. The zero-order valence-electron chi connectivity index (χ0n) is 14.6. The summed E-state index contributed by atoms with van der Waals surface area (Å²) >= 11 is 0. The second-order valence-electron chi connectivity index (χ2n) is 8.24. The Morgan fingerprint density at radius 1 is 0.958 bits per heavy atom. The van der Waals surface area contributed by atoms with Gasteiger partial charge in [0.15, 0.2) is 0 Å². The summed E-state index contributed by atoms with van der Waals surface area (Å²) in [5.74, 6) is 0. The minimum absolute atomic E-state index is 0.197. The predicted octanol–water partition coefficient (Wildman–Crippen LogP) is 6.09. The van der Waals surface area contributed by atoms with Crippen molar-refractivity contribution in [1.29, 1.82) is 0 Å². The van der Waals surface area contributed by atoms with Crippen LogP contribution in [0.15, 0.2) is 40.8 Å². The first-order valence-electron chi connectivity index (χ1n) is 8.98. The second-order valence-corrected chi connectivity index (χ2v) is 8.24. The fraction of sp³-hybridized carbons (Fsp3) is 0.409. The number of hydrogen-bond acceptors (Lipinski definition) is 2. The van der Waals surface area contributed by atoms with Gasteiger partial charge in [0.1, 0.15) is 11.2 Å². The first kappa shape index (κ1) is 14.4. The Hall–Kier alpha value is -1.96. The van der Waals surface area contributed by atoms with Gasteiger partial charge in [0.25, 0.3) is 0 Å². The Labute approximate surface area is 143 Å². The van der Waals surface area contributed by atoms with Crippen LogP contribution in [0.25, 0.3) is 21.9 Å². The van der Waals surface area contributed by atoms with Crippen LogP contribution in [0, 0.1) is 18.9 Å². The monoisotopic (exact) mass is 317 g/mol. The van der Waals surface area contributed by atoms with Gasteiger partial charge in [-0.2, -0.15) is 0 Å². The van der Waals surface area contributed by atoms with Crippen LogP contribution in [-0.4, -0.2) is 5.54 Å². The van der Waals surface area contributed by atoms with E-state index in [2.05, 4.69) is 56.5 Å². The van der Waals surface area contributed by atoms with Crippen molar-refractivity contribution in [3.63, 3.8) is 0 Å². The zero-order chi connectivity index (χ0) is 16.5. The number of piperidine rings is 2. The van der Waals surface area contributed by atoms with E-state index in [0.717, 1.165) is 11.2 Å². The Bertz CT molecular complexity index is 943. The lowest BCUT2D eigenvalue weighted by Gasteiger charge is -2.58. The van der Waals surface area contributed by atoms with Crippen LogP contribution in [0.1, 0.15) is 45.1 Å². The van der Waals surface area contributed by atoms with Gasteiger partial charge >= 0.3 is 0 Å². The van der Waals surface area contributed by atoms with Crippen LogP contribution in [-0.2, 0) is 0 Å². The molecule has 2 aliphatic heterocycles. The fourth-order valence-corrected chi connectivity index (χ4v) is 4.54. The highest BCUT2D eigenvalue weighted by Crippen LogP contribution is 2.54. The Kier molecular flexibility index (Phi) is 2.73. The molecule has 3 aliphatic rings. The van der Waals surface area contributed by atoms with Gasteiger partial charge in [-0.3, -0.25) is 0 Å². The van der Waals surface area contributed by atoms with Crippen molar-refractivity contribution in [2.75, 3.05) is 4.90 Å². The predicted molar refractivity (Wildman–Crippen MR) is 99.2 cm³/mol. The number of nitrogens with zero attached hydrogens (tertiary/aromatic N) is 1. The van der Waals surface area contributed by atoms with E-state index in [1.54, 1.807) is 0 Å². The molecule has 2 aromatic carbocycles. The highest BCUT2D eigenvalue weighted by molar-refractivity contribution is 6.06. The number of anilines is 1. The normalized spacial score (nSPS) is 29.7. The molecule has 1 saturated carbocycles. The molecule has 1 aliphatic carbocycles. The molecule has 2 nitrogen and oxygen atoms in total. The van der Waals surface area contributed by atoms with Crippen molar-refractivity contribution in [3.8, 4) is 0 Å². The SMILES string of the molecule is Cc1cc2c(cc1N1[C]C3(C)CCC1(C)CC3)oc1ccccc12. The van der Waals surface area contributed by atoms with E-state index >= 15 is 0 Å². The lowest BCUT2D eigenvalue weighted by atomic mass is 9.63. The smallest absolute Gasteiger partial charge is 0.137 e. The molecular formula is C22H23NO. The summed E-state index contributed by atoms with van der Waals surface area (Å²) in [4.78, 5) is 2.43. The van der Waals surface area contributed by atoms with Crippen LogP contribution < -0.4 is 4.90 Å². The molecule has 24 heavy (non-hydrogen) atoms. The van der Waals surface area contributed by atoms with E-state index in [1.165, 1.54) is 47.7 Å². The van der Waals surface area contributed by atoms with E-state index in [9.17, 15) is 0 Å². The Balaban J connectivity index is 1.69. The van der Waals surface area contributed by atoms with E-state index in [1.807, 2.05) is 12.1 Å². The first-order valence-corrected chi connectivity index (χ1v) is 8.98. The van der Waals surface area contributed by atoms with Gasteiger partial charge in [-0.25, -0.2) is 0 Å². The summed E-state index contributed by atoms with van der Waals surface area (Å²) < 4.78 is 6.12. The van der Waals surface area contributed by atoms with Crippen molar-refractivity contribution in [1.82, 2.24) is 0 Å². The molecule has 2 saturated heterocycles. The van der Waals surface area contributed by atoms with E-state index in [-0.39, 0.29) is 11.0 Å². The molecule has 0 N–H and O–H groups in total. The molecule has 0 unspecified atom stereocenters. The topological polar surface area (TPSA) is 16.4 Å². The van der Waals surface area contributed by atoms with Gasteiger partial charge in [-0.15, -0.1) is 0 Å². The number of fused-ring (bicyclic) bond motifs is 6. The van der Waals surface area contributed by atoms with Crippen LogP contribution in [0.3, 0.4) is 0 Å². The third-order valence-corrected chi connectivity index (χ3v) is 6.29. The summed E-state index contributed by atoms with van der Waals surface area (Å²) in [6.07, 6.45) is 5.00. The number of para-hydroxylation sites is 1. The highest BCUT2D eigenvalue weighted by atomic mass is 16.3. The maximum atomic E-state index is 6.12. The van der Waals surface area contributed by atoms with Gasteiger partial charge in [-0.05, 0) is 62.6 Å². The van der Waals surface area contributed by atoms with Crippen molar-refractivity contribution in [2.45, 2.75) is 52.0 Å². The Morgan fingerprint density at radius 2 is 1.71 bits per heavy atom. The molecule has 0 amide bonds. The summed E-state index contributed by atoms with van der Waals surface area (Å²) in [5.41, 5.74) is 4.94. The molecule has 2 heteroatoms. The maximum Gasteiger partial charge on any atom is 0.137 e. The van der Waals surface area contributed by atoms with Gasteiger partial charge < -0.3 is 9.32 Å². The van der Waals surface area contributed by atoms with Gasteiger partial charge in [0.2, 0.25) is 0 Å². The third-order valence-electron chi connectivity index (χ3n) is 6.29. The average molecular weight is 317 g/mol. The summed E-state index contributed by atoms with van der Waals surface area (Å²) in [7, 11) is 0. The van der Waals surface area contributed by atoms with Gasteiger partial charge in [0, 0.05) is 28.1 Å². The minimum Gasteiger partial charge on any atom is -0.456 e. The lowest BCUT2D eigenvalue weighted by molar-refractivity contribution is 0.126. The van der Waals surface area contributed by atoms with Crippen LogP contribution in [0.4, 0.5) is 5.69 Å². The molecule has 6 rings (SSSR count). The van der Waals surface area contributed by atoms with E-state index in [0.29, 0.717) is 0 Å². The molecule has 3 aromatic rings. The Morgan fingerprint density at radius 3 is 2.50 bits per heavy atom. The largest absolute Gasteiger partial charge is 0.456 e. The zero-order valence-corrected chi connectivity index (χ0v) is 14.6. The molecule has 122 valence electrons. The van der Waals surface area contributed by atoms with Gasteiger partial charge in [0.05, 0.1) is 6.54 Å². The summed E-state index contributed by atoms with van der Waals surface area (Å²) in [6.45, 7) is 10.8. The quantitative estimate of drug-likeness (QED) is 0.540. The number of aryl methyl sites for hydroxylation is 1. The molecular weight excluding hydrogens is 294 g/mol. The number of benzene rings is 2. The molecule has 0 spiro atoms. The molecule has 3 fully saturated rings. The first-order chi connectivity index (χ1) is 11.5. The minimum atomic E-state index is 0.197. The molecule has 0 atom stereocenters. The molecule has 1 aromatic heterocycles. The van der Waals surface area contributed by atoms with Gasteiger partial charge in [-0.1, -0.05) is 25.1 Å². The number of furan rings is 1. The van der Waals surface area contributed by atoms with Crippen molar-refractivity contribution >= 4 is 27.6 Å². The molecule has 3 heterocycles. The van der Waals surface area contributed by atoms with Crippen molar-refractivity contribution < 1.29 is 4.42 Å². The maximum absolute atomic E-state index is 6.12. The number of rotatable bonds is 1. The van der Waals surface area contributed by atoms with Crippen LogP contribution in [0.2, 0.25) is 0 Å². The standard InChI is InChI=1S/C22H23NO/c1-15-12-17-16-6-4-5-7-19(16)24-20(17)13-18(15)23-14-21(2)8-10-22(23,3)11-9-21/h4-7,12-13H,8-11H2,1-3H3. The molecule has 2 radical (unpaired) electrons. The van der Waals surface area contributed by atoms with Crippen LogP contribution in [0.5, 0.6) is 0 Å². The lowest BCUT2D eigenvalue weighted by Crippen LogP contribution is -2.57. The van der Waals surface area contributed by atoms with E-state index < -0.39 is 0 Å². The average Bonchev–Trinajstić information content (AvgIpc) is 2.93. The second kappa shape index (κ2) is 4.56. The third kappa shape index (κ3) is 1.89. The highest BCUT2D eigenvalue weighted by Gasteiger charge is 2.49. The number of hydrogen-bond donors (Lipinski definition) is 0. The summed E-state index contributed by atoms with van der Waals surface area (Å²) in [5, 5.41) is 2.42.